The maximum atomic E-state index is 9.85. The first-order chi connectivity index (χ1) is 8.91. The highest BCUT2D eigenvalue weighted by Gasteiger charge is 2.43. The van der Waals surface area contributed by atoms with E-state index in [1.807, 2.05) is 0 Å². The van der Waals surface area contributed by atoms with E-state index in [9.17, 15) is 20.4 Å². The predicted octanol–water partition coefficient (Wildman–Crippen LogP) is -2.88. The first-order valence-corrected chi connectivity index (χ1v) is 6.28. The van der Waals surface area contributed by atoms with E-state index in [0.717, 1.165) is 0 Å². The van der Waals surface area contributed by atoms with Crippen LogP contribution in [0.4, 0.5) is 0 Å². The van der Waals surface area contributed by atoms with E-state index in [1.165, 1.54) is 0 Å². The highest BCUT2D eigenvalue weighted by molar-refractivity contribution is 4.88. The summed E-state index contributed by atoms with van der Waals surface area (Å²) in [6, 6.07) is -0.997. The van der Waals surface area contributed by atoms with E-state index in [0.29, 0.717) is 0 Å². The second kappa shape index (κ2) is 5.98. The third-order valence-electron chi connectivity index (χ3n) is 3.58. The molecule has 19 heavy (non-hydrogen) atoms. The fourth-order valence-corrected chi connectivity index (χ4v) is 2.17. The van der Waals surface area contributed by atoms with Gasteiger partial charge in [-0.15, -0.1) is 0 Å². The topological polar surface area (TPSA) is 135 Å². The van der Waals surface area contributed by atoms with Crippen molar-refractivity contribution >= 4 is 0 Å². The molecule has 8 atom stereocenters. The molecule has 2 fully saturated rings. The molecule has 2 aliphatic heterocycles. The van der Waals surface area contributed by atoms with E-state index in [1.54, 1.807) is 6.92 Å². The molecule has 2 saturated heterocycles. The standard InChI is InChI=1S/C11H21NO7/c1-4-2-18-11(9(15)7(4)13)19-5-3-17-10(16)6(12)8(5)14/h4-11,13-16H,2-3,12H2,1H3/t4-,5-,6?,7?,8?,9?,10-,11+/m1/s1. The number of hydrogen-bond acceptors (Lipinski definition) is 8. The molecule has 112 valence electrons. The number of hydrogen-bond donors (Lipinski definition) is 5. The zero-order chi connectivity index (χ0) is 14.2. The molecule has 0 spiro atoms. The fourth-order valence-electron chi connectivity index (χ4n) is 2.17. The number of ether oxygens (including phenoxy) is 3. The van der Waals surface area contributed by atoms with Crippen LogP contribution >= 0.6 is 0 Å². The monoisotopic (exact) mass is 279 g/mol. The van der Waals surface area contributed by atoms with Gasteiger partial charge in [0.25, 0.3) is 0 Å². The summed E-state index contributed by atoms with van der Waals surface area (Å²) in [5.74, 6) is -0.202. The summed E-state index contributed by atoms with van der Waals surface area (Å²) in [6.45, 7) is 1.91. The average Bonchev–Trinajstić information content (AvgIpc) is 2.39. The quantitative estimate of drug-likeness (QED) is 0.364. The number of rotatable bonds is 2. The van der Waals surface area contributed by atoms with Crippen molar-refractivity contribution in [3.63, 3.8) is 0 Å². The summed E-state index contributed by atoms with van der Waals surface area (Å²) in [5.41, 5.74) is 5.54. The Morgan fingerprint density at radius 1 is 1.00 bits per heavy atom. The second-order valence-electron chi connectivity index (χ2n) is 5.13. The number of aliphatic hydroxyl groups is 4. The lowest BCUT2D eigenvalue weighted by molar-refractivity contribution is -0.305. The van der Waals surface area contributed by atoms with Crippen LogP contribution in [0.15, 0.2) is 0 Å². The van der Waals surface area contributed by atoms with Crippen molar-refractivity contribution in [2.45, 2.75) is 50.0 Å². The van der Waals surface area contributed by atoms with Gasteiger partial charge in [0, 0.05) is 5.92 Å². The fraction of sp³-hybridized carbons (Fsp3) is 1.00. The van der Waals surface area contributed by atoms with Crippen molar-refractivity contribution in [2.75, 3.05) is 13.2 Å². The number of aliphatic hydroxyl groups excluding tert-OH is 4. The minimum atomic E-state index is -1.25. The molecule has 0 aromatic rings. The molecule has 2 aliphatic rings. The highest BCUT2D eigenvalue weighted by Crippen LogP contribution is 2.24. The molecular formula is C11H21NO7. The van der Waals surface area contributed by atoms with Gasteiger partial charge in [0.15, 0.2) is 12.6 Å². The summed E-state index contributed by atoms with van der Waals surface area (Å²) in [7, 11) is 0. The van der Waals surface area contributed by atoms with Crippen molar-refractivity contribution in [3.05, 3.63) is 0 Å². The smallest absolute Gasteiger partial charge is 0.186 e. The van der Waals surface area contributed by atoms with Crippen LogP contribution in [0.1, 0.15) is 6.92 Å². The van der Waals surface area contributed by atoms with E-state index in [2.05, 4.69) is 0 Å². The van der Waals surface area contributed by atoms with Crippen molar-refractivity contribution in [2.24, 2.45) is 11.7 Å². The minimum Gasteiger partial charge on any atom is -0.390 e. The maximum absolute atomic E-state index is 9.85. The maximum Gasteiger partial charge on any atom is 0.186 e. The summed E-state index contributed by atoms with van der Waals surface area (Å²) in [5, 5.41) is 38.7. The Labute approximate surface area is 110 Å². The molecule has 0 bridgehead atoms. The van der Waals surface area contributed by atoms with E-state index in [4.69, 9.17) is 19.9 Å². The molecule has 4 unspecified atom stereocenters. The van der Waals surface area contributed by atoms with Gasteiger partial charge in [-0.3, -0.25) is 0 Å². The molecule has 0 amide bonds. The molecule has 0 saturated carbocycles. The molecule has 0 aliphatic carbocycles. The first kappa shape index (κ1) is 15.1. The van der Waals surface area contributed by atoms with Gasteiger partial charge in [-0.1, -0.05) is 6.92 Å². The van der Waals surface area contributed by atoms with Crippen LogP contribution in [0.3, 0.4) is 0 Å². The van der Waals surface area contributed by atoms with Crippen LogP contribution in [0.5, 0.6) is 0 Å². The molecule has 0 aromatic carbocycles. The van der Waals surface area contributed by atoms with Crippen LogP contribution in [0.2, 0.25) is 0 Å². The van der Waals surface area contributed by atoms with Crippen molar-refractivity contribution in [1.82, 2.24) is 0 Å². The Morgan fingerprint density at radius 3 is 2.37 bits per heavy atom. The molecule has 8 heteroatoms. The molecule has 2 rings (SSSR count). The Morgan fingerprint density at radius 2 is 1.68 bits per heavy atom. The summed E-state index contributed by atoms with van der Waals surface area (Å²) in [4.78, 5) is 0. The Bertz CT molecular complexity index is 277. The lowest BCUT2D eigenvalue weighted by Crippen LogP contribution is -2.60. The molecule has 6 N–H and O–H groups in total. The number of nitrogens with two attached hydrogens (primary N) is 1. The summed E-state index contributed by atoms with van der Waals surface area (Å²) in [6.07, 6.45) is -6.46. The lowest BCUT2D eigenvalue weighted by Gasteiger charge is -2.41. The zero-order valence-corrected chi connectivity index (χ0v) is 10.6. The van der Waals surface area contributed by atoms with E-state index in [-0.39, 0.29) is 19.1 Å². The molecule has 0 radical (unpaired) electrons. The SMILES string of the molecule is C[C@@H]1CO[C@@H](O[C@@H]2CO[C@@H](O)C(N)C2O)C(O)C1O. The van der Waals surface area contributed by atoms with Gasteiger partial charge in [-0.25, -0.2) is 0 Å². The van der Waals surface area contributed by atoms with Gasteiger partial charge < -0.3 is 40.4 Å². The van der Waals surface area contributed by atoms with Gasteiger partial charge >= 0.3 is 0 Å². The lowest BCUT2D eigenvalue weighted by atomic mass is 9.97. The normalized spacial score (nSPS) is 52.1. The third kappa shape index (κ3) is 3.06. The van der Waals surface area contributed by atoms with Crippen LogP contribution in [-0.2, 0) is 14.2 Å². The highest BCUT2D eigenvalue weighted by atomic mass is 16.7. The van der Waals surface area contributed by atoms with Crippen LogP contribution in [0.25, 0.3) is 0 Å². The van der Waals surface area contributed by atoms with E-state index >= 15 is 0 Å². The van der Waals surface area contributed by atoms with Crippen LogP contribution in [-0.4, -0.2) is 76.7 Å². The third-order valence-corrected chi connectivity index (χ3v) is 3.58. The van der Waals surface area contributed by atoms with Gasteiger partial charge in [-0.2, -0.15) is 0 Å². The van der Waals surface area contributed by atoms with Gasteiger partial charge in [0.05, 0.1) is 25.4 Å². The molecular weight excluding hydrogens is 258 g/mol. The molecule has 2 heterocycles. The second-order valence-corrected chi connectivity index (χ2v) is 5.13. The average molecular weight is 279 g/mol. The van der Waals surface area contributed by atoms with Crippen LogP contribution < -0.4 is 5.73 Å². The molecule has 8 nitrogen and oxygen atoms in total. The van der Waals surface area contributed by atoms with Gasteiger partial charge in [0.1, 0.15) is 18.3 Å². The van der Waals surface area contributed by atoms with Gasteiger partial charge in [0.2, 0.25) is 0 Å². The Kier molecular flexibility index (Phi) is 4.75. The van der Waals surface area contributed by atoms with Crippen molar-refractivity contribution in [3.8, 4) is 0 Å². The minimum absolute atomic E-state index is 0.0751. The van der Waals surface area contributed by atoms with Gasteiger partial charge in [-0.05, 0) is 0 Å². The largest absolute Gasteiger partial charge is 0.390 e. The first-order valence-electron chi connectivity index (χ1n) is 6.28. The zero-order valence-electron chi connectivity index (χ0n) is 10.6. The van der Waals surface area contributed by atoms with Crippen molar-refractivity contribution < 1.29 is 34.6 Å². The molecule has 0 aromatic heterocycles. The summed E-state index contributed by atoms with van der Waals surface area (Å²) >= 11 is 0. The van der Waals surface area contributed by atoms with Crippen molar-refractivity contribution in [1.29, 1.82) is 0 Å². The Hall–Kier alpha value is -0.320. The summed E-state index contributed by atoms with van der Waals surface area (Å²) < 4.78 is 15.6. The Balaban J connectivity index is 1.94. The van der Waals surface area contributed by atoms with Crippen LogP contribution in [0, 0.1) is 5.92 Å². The predicted molar refractivity (Wildman–Crippen MR) is 61.7 cm³/mol. The van der Waals surface area contributed by atoms with E-state index < -0.39 is 43.0 Å².